The van der Waals surface area contributed by atoms with Gasteiger partial charge in [0.15, 0.2) is 5.76 Å². The molecule has 3 heterocycles. The van der Waals surface area contributed by atoms with Gasteiger partial charge in [0.25, 0.3) is 5.91 Å². The number of carbonyl (C=O) groups excluding carboxylic acids is 2. The van der Waals surface area contributed by atoms with E-state index in [1.807, 2.05) is 12.1 Å². The SMILES string of the molecule is O=C(NC1(c2cccc(Br)c2)CCOCC1)C1CCN(C(=O)c2ccco2)CC1. The Labute approximate surface area is 178 Å². The van der Waals surface area contributed by atoms with E-state index in [1.165, 1.54) is 6.26 Å². The fraction of sp³-hybridized carbons (Fsp3) is 0.455. The minimum absolute atomic E-state index is 0.0666. The Balaban J connectivity index is 1.42. The van der Waals surface area contributed by atoms with E-state index in [9.17, 15) is 9.59 Å². The topological polar surface area (TPSA) is 71.8 Å². The van der Waals surface area contributed by atoms with Crippen LogP contribution >= 0.6 is 15.9 Å². The van der Waals surface area contributed by atoms with Crippen molar-refractivity contribution in [3.8, 4) is 0 Å². The molecule has 0 unspecified atom stereocenters. The van der Waals surface area contributed by atoms with Crippen molar-refractivity contribution < 1.29 is 18.7 Å². The van der Waals surface area contributed by atoms with Crippen LogP contribution in [0.15, 0.2) is 51.6 Å². The number of carbonyl (C=O) groups is 2. The maximum Gasteiger partial charge on any atom is 0.289 e. The van der Waals surface area contributed by atoms with E-state index in [1.54, 1.807) is 17.0 Å². The van der Waals surface area contributed by atoms with Crippen LogP contribution in [0, 0.1) is 5.92 Å². The Kier molecular flexibility index (Phi) is 6.06. The number of hydrogen-bond acceptors (Lipinski definition) is 4. The van der Waals surface area contributed by atoms with Crippen LogP contribution in [0.1, 0.15) is 41.8 Å². The summed E-state index contributed by atoms with van der Waals surface area (Å²) in [4.78, 5) is 27.3. The smallest absolute Gasteiger partial charge is 0.289 e. The highest BCUT2D eigenvalue weighted by atomic mass is 79.9. The summed E-state index contributed by atoms with van der Waals surface area (Å²) in [6, 6.07) is 11.5. The molecule has 2 aromatic rings. The van der Waals surface area contributed by atoms with E-state index in [0.29, 0.717) is 44.9 Å². The zero-order valence-corrected chi connectivity index (χ0v) is 17.8. The van der Waals surface area contributed by atoms with Crippen molar-refractivity contribution in [1.29, 1.82) is 0 Å². The molecule has 4 rings (SSSR count). The molecule has 154 valence electrons. The number of halogens is 1. The van der Waals surface area contributed by atoms with Crippen LogP contribution in [0.2, 0.25) is 0 Å². The summed E-state index contributed by atoms with van der Waals surface area (Å²) in [5.74, 6) is 0.215. The van der Waals surface area contributed by atoms with E-state index >= 15 is 0 Å². The molecule has 0 spiro atoms. The molecule has 6 nitrogen and oxygen atoms in total. The first kappa shape index (κ1) is 20.2. The van der Waals surface area contributed by atoms with Gasteiger partial charge in [-0.05, 0) is 55.5 Å². The molecule has 1 aromatic carbocycles. The third-order valence-electron chi connectivity index (χ3n) is 5.97. The van der Waals surface area contributed by atoms with Crippen LogP contribution in [-0.4, -0.2) is 43.0 Å². The van der Waals surface area contributed by atoms with Gasteiger partial charge in [-0.25, -0.2) is 0 Å². The number of furan rings is 1. The molecule has 1 N–H and O–H groups in total. The minimum Gasteiger partial charge on any atom is -0.459 e. The Bertz CT molecular complexity index is 853. The zero-order chi connectivity index (χ0) is 20.3. The van der Waals surface area contributed by atoms with Crippen LogP contribution in [0.3, 0.4) is 0 Å². The molecule has 0 radical (unpaired) electrons. The second-order valence-corrected chi connectivity index (χ2v) is 8.65. The number of benzene rings is 1. The lowest BCUT2D eigenvalue weighted by atomic mass is 9.81. The van der Waals surface area contributed by atoms with E-state index in [4.69, 9.17) is 9.15 Å². The molecule has 0 saturated carbocycles. The van der Waals surface area contributed by atoms with Gasteiger partial charge in [-0.1, -0.05) is 28.1 Å². The van der Waals surface area contributed by atoms with Crippen LogP contribution < -0.4 is 5.32 Å². The average Bonchev–Trinajstić information content (AvgIpc) is 3.29. The summed E-state index contributed by atoms with van der Waals surface area (Å²) in [5, 5.41) is 3.36. The van der Waals surface area contributed by atoms with Gasteiger partial charge in [0, 0.05) is 36.7 Å². The predicted octanol–water partition coefficient (Wildman–Crippen LogP) is 3.72. The molecule has 7 heteroatoms. The highest BCUT2D eigenvalue weighted by Crippen LogP contribution is 2.34. The van der Waals surface area contributed by atoms with E-state index in [0.717, 1.165) is 22.9 Å². The van der Waals surface area contributed by atoms with Gasteiger partial charge < -0.3 is 19.4 Å². The normalized spacial score (nSPS) is 19.7. The lowest BCUT2D eigenvalue weighted by Gasteiger charge is -2.40. The number of nitrogens with zero attached hydrogens (tertiary/aromatic N) is 1. The fourth-order valence-corrected chi connectivity index (χ4v) is 4.63. The summed E-state index contributed by atoms with van der Waals surface area (Å²) in [6.07, 6.45) is 4.32. The Morgan fingerprint density at radius 3 is 2.52 bits per heavy atom. The van der Waals surface area contributed by atoms with Gasteiger partial charge in [0.05, 0.1) is 11.8 Å². The molecule has 2 aliphatic heterocycles. The Hall–Kier alpha value is -2.12. The van der Waals surface area contributed by atoms with E-state index < -0.39 is 5.54 Å². The Morgan fingerprint density at radius 2 is 1.86 bits per heavy atom. The third-order valence-corrected chi connectivity index (χ3v) is 6.46. The summed E-state index contributed by atoms with van der Waals surface area (Å²) < 4.78 is 11.8. The van der Waals surface area contributed by atoms with Crippen LogP contribution in [0.25, 0.3) is 0 Å². The standard InChI is InChI=1S/C22H25BrN2O4/c23-18-4-1-3-17(15-18)22(8-13-28-14-9-22)24-20(26)16-6-10-25(11-7-16)21(27)19-5-2-12-29-19/h1-5,12,15-16H,6-11,13-14H2,(H,24,26). The van der Waals surface area contributed by atoms with Gasteiger partial charge >= 0.3 is 0 Å². The van der Waals surface area contributed by atoms with Crippen LogP contribution in [0.4, 0.5) is 0 Å². The second-order valence-electron chi connectivity index (χ2n) is 7.74. The molecule has 1 aromatic heterocycles. The summed E-state index contributed by atoms with van der Waals surface area (Å²) in [6.45, 7) is 2.38. The van der Waals surface area contributed by atoms with Crippen LogP contribution in [0.5, 0.6) is 0 Å². The molecular formula is C22H25BrN2O4. The highest BCUT2D eigenvalue weighted by molar-refractivity contribution is 9.10. The van der Waals surface area contributed by atoms with Crippen LogP contribution in [-0.2, 0) is 15.1 Å². The lowest BCUT2D eigenvalue weighted by Crippen LogP contribution is -2.52. The van der Waals surface area contributed by atoms with Crippen molar-refractivity contribution in [2.75, 3.05) is 26.3 Å². The number of rotatable bonds is 4. The number of likely N-dealkylation sites (tertiary alicyclic amines) is 1. The number of piperidine rings is 1. The maximum atomic E-state index is 13.1. The summed E-state index contributed by atoms with van der Waals surface area (Å²) in [7, 11) is 0. The molecule has 2 aliphatic rings. The molecule has 0 bridgehead atoms. The van der Waals surface area contributed by atoms with Crippen molar-refractivity contribution in [1.82, 2.24) is 10.2 Å². The number of amides is 2. The van der Waals surface area contributed by atoms with Crippen molar-refractivity contribution in [3.63, 3.8) is 0 Å². The predicted molar refractivity (Wildman–Crippen MR) is 111 cm³/mol. The van der Waals surface area contributed by atoms with Crippen molar-refractivity contribution in [2.24, 2.45) is 5.92 Å². The molecule has 2 fully saturated rings. The molecule has 2 amide bonds. The number of ether oxygens (including phenoxy) is 1. The van der Waals surface area contributed by atoms with Crippen molar-refractivity contribution >= 4 is 27.7 Å². The summed E-state index contributed by atoms with van der Waals surface area (Å²) in [5.41, 5.74) is 0.703. The first-order valence-electron chi connectivity index (χ1n) is 10.1. The van der Waals surface area contributed by atoms with Crippen molar-refractivity contribution in [3.05, 3.63) is 58.5 Å². The fourth-order valence-electron chi connectivity index (χ4n) is 4.23. The third kappa shape index (κ3) is 4.41. The first-order chi connectivity index (χ1) is 14.1. The van der Waals surface area contributed by atoms with Crippen molar-refractivity contribution in [2.45, 2.75) is 31.2 Å². The summed E-state index contributed by atoms with van der Waals surface area (Å²) >= 11 is 3.54. The zero-order valence-electron chi connectivity index (χ0n) is 16.2. The average molecular weight is 461 g/mol. The van der Waals surface area contributed by atoms with Gasteiger partial charge in [-0.3, -0.25) is 9.59 Å². The van der Waals surface area contributed by atoms with Gasteiger partial charge in [0.2, 0.25) is 5.91 Å². The van der Waals surface area contributed by atoms with E-state index in [-0.39, 0.29) is 17.7 Å². The monoisotopic (exact) mass is 460 g/mol. The molecule has 29 heavy (non-hydrogen) atoms. The Morgan fingerprint density at radius 1 is 1.10 bits per heavy atom. The largest absolute Gasteiger partial charge is 0.459 e. The molecule has 0 aliphatic carbocycles. The molecular weight excluding hydrogens is 436 g/mol. The highest BCUT2D eigenvalue weighted by Gasteiger charge is 2.38. The molecule has 0 atom stereocenters. The quantitative estimate of drug-likeness (QED) is 0.754. The second kappa shape index (κ2) is 8.71. The van der Waals surface area contributed by atoms with E-state index in [2.05, 4.69) is 33.4 Å². The molecule has 2 saturated heterocycles. The minimum atomic E-state index is -0.403. The number of nitrogens with one attached hydrogen (secondary N) is 1. The maximum absolute atomic E-state index is 13.1. The number of hydrogen-bond donors (Lipinski definition) is 1. The lowest BCUT2D eigenvalue weighted by molar-refractivity contribution is -0.129. The van der Waals surface area contributed by atoms with Gasteiger partial charge in [-0.2, -0.15) is 0 Å². The van der Waals surface area contributed by atoms with Gasteiger partial charge in [0.1, 0.15) is 0 Å². The van der Waals surface area contributed by atoms with Gasteiger partial charge in [-0.15, -0.1) is 0 Å². The first-order valence-corrected chi connectivity index (χ1v) is 10.9.